The smallest absolute Gasteiger partial charge is 0.161 e. The second-order valence-corrected chi connectivity index (χ2v) is 7.80. The third kappa shape index (κ3) is 5.95. The minimum Gasteiger partial charge on any atom is -0.485 e. The average molecular weight is 389 g/mol. The van der Waals surface area contributed by atoms with E-state index in [9.17, 15) is 4.79 Å². The minimum atomic E-state index is -0.121. The van der Waals surface area contributed by atoms with E-state index in [0.717, 1.165) is 40.9 Å². The standard InChI is InChI=1S/C26H28O3/c1-26(2,16-9-17-27)23-14-15-24(28-19-21-10-5-3-6-11-21)25(18-23)29-20-22-12-7-4-8-13-22/h3-8,10-15,17-18H,9,16,19-20H2,1-2H3. The Labute approximate surface area is 173 Å². The Morgan fingerprint density at radius 3 is 1.86 bits per heavy atom. The first kappa shape index (κ1) is 20.7. The monoisotopic (exact) mass is 388 g/mol. The summed E-state index contributed by atoms with van der Waals surface area (Å²) < 4.78 is 12.2. The summed E-state index contributed by atoms with van der Waals surface area (Å²) in [4.78, 5) is 10.8. The third-order valence-corrected chi connectivity index (χ3v) is 5.09. The Morgan fingerprint density at radius 1 is 0.759 bits per heavy atom. The third-order valence-electron chi connectivity index (χ3n) is 5.09. The molecule has 0 amide bonds. The highest BCUT2D eigenvalue weighted by Gasteiger charge is 2.22. The molecule has 3 rings (SSSR count). The Balaban J connectivity index is 1.82. The lowest BCUT2D eigenvalue weighted by molar-refractivity contribution is -0.108. The molecule has 3 heteroatoms. The van der Waals surface area contributed by atoms with Crippen LogP contribution in [0.15, 0.2) is 78.9 Å². The molecule has 3 aromatic rings. The number of carbonyl (C=O) groups is 1. The summed E-state index contributed by atoms with van der Waals surface area (Å²) in [5, 5.41) is 0. The Hall–Kier alpha value is -3.07. The van der Waals surface area contributed by atoms with Crippen molar-refractivity contribution in [1.82, 2.24) is 0 Å². The summed E-state index contributed by atoms with van der Waals surface area (Å²) in [6.07, 6.45) is 2.31. The zero-order chi connectivity index (χ0) is 20.5. The molecule has 150 valence electrons. The largest absolute Gasteiger partial charge is 0.485 e. The predicted molar refractivity (Wildman–Crippen MR) is 116 cm³/mol. The van der Waals surface area contributed by atoms with E-state index in [1.54, 1.807) is 0 Å². The number of carbonyl (C=O) groups excluding carboxylic acids is 1. The van der Waals surface area contributed by atoms with Gasteiger partial charge in [-0.3, -0.25) is 0 Å². The Morgan fingerprint density at radius 2 is 1.31 bits per heavy atom. The van der Waals surface area contributed by atoms with Crippen LogP contribution in [-0.4, -0.2) is 6.29 Å². The lowest BCUT2D eigenvalue weighted by Crippen LogP contribution is -2.17. The van der Waals surface area contributed by atoms with Crippen molar-refractivity contribution in [3.8, 4) is 11.5 Å². The van der Waals surface area contributed by atoms with E-state index in [1.807, 2.05) is 72.8 Å². The fourth-order valence-corrected chi connectivity index (χ4v) is 3.20. The van der Waals surface area contributed by atoms with Gasteiger partial charge in [-0.15, -0.1) is 0 Å². The van der Waals surface area contributed by atoms with E-state index in [-0.39, 0.29) is 5.41 Å². The SMILES string of the molecule is CC(C)(CCC=O)c1ccc(OCc2ccccc2)c(OCc2ccccc2)c1. The maximum atomic E-state index is 10.8. The molecule has 0 aliphatic carbocycles. The lowest BCUT2D eigenvalue weighted by atomic mass is 9.80. The van der Waals surface area contributed by atoms with Crippen molar-refractivity contribution in [2.75, 3.05) is 0 Å². The van der Waals surface area contributed by atoms with Gasteiger partial charge in [0, 0.05) is 6.42 Å². The molecule has 0 bridgehead atoms. The number of hydrogen-bond donors (Lipinski definition) is 0. The molecule has 29 heavy (non-hydrogen) atoms. The van der Waals surface area contributed by atoms with Crippen LogP contribution in [-0.2, 0) is 23.4 Å². The highest BCUT2D eigenvalue weighted by molar-refractivity contribution is 5.50. The van der Waals surface area contributed by atoms with Crippen molar-refractivity contribution in [2.45, 2.75) is 45.3 Å². The van der Waals surface area contributed by atoms with Gasteiger partial charge in [-0.05, 0) is 40.7 Å². The first-order valence-electron chi connectivity index (χ1n) is 10.00. The molecule has 0 N–H and O–H groups in total. The van der Waals surface area contributed by atoms with Crippen LogP contribution in [0.5, 0.6) is 11.5 Å². The van der Waals surface area contributed by atoms with Crippen LogP contribution in [0.25, 0.3) is 0 Å². The van der Waals surface area contributed by atoms with Crippen LogP contribution in [0.1, 0.15) is 43.4 Å². The van der Waals surface area contributed by atoms with Crippen LogP contribution >= 0.6 is 0 Å². The number of rotatable bonds is 10. The normalized spacial score (nSPS) is 11.1. The lowest BCUT2D eigenvalue weighted by Gasteiger charge is -2.26. The molecule has 0 saturated heterocycles. The van der Waals surface area contributed by atoms with Gasteiger partial charge in [0.2, 0.25) is 0 Å². The van der Waals surface area contributed by atoms with Crippen molar-refractivity contribution >= 4 is 6.29 Å². The van der Waals surface area contributed by atoms with Crippen molar-refractivity contribution in [3.05, 3.63) is 95.6 Å². The van der Waals surface area contributed by atoms with E-state index in [4.69, 9.17) is 9.47 Å². The predicted octanol–water partition coefficient (Wildman–Crippen LogP) is 6.10. The zero-order valence-electron chi connectivity index (χ0n) is 17.1. The van der Waals surface area contributed by atoms with Crippen molar-refractivity contribution in [3.63, 3.8) is 0 Å². The molecule has 0 saturated carbocycles. The summed E-state index contributed by atoms with van der Waals surface area (Å²) >= 11 is 0. The fourth-order valence-electron chi connectivity index (χ4n) is 3.20. The fraction of sp³-hybridized carbons (Fsp3) is 0.269. The zero-order valence-corrected chi connectivity index (χ0v) is 17.1. The molecule has 0 aromatic heterocycles. The highest BCUT2D eigenvalue weighted by atomic mass is 16.5. The van der Waals surface area contributed by atoms with Gasteiger partial charge in [0.05, 0.1) is 0 Å². The van der Waals surface area contributed by atoms with Crippen LogP contribution in [0.3, 0.4) is 0 Å². The number of hydrogen-bond acceptors (Lipinski definition) is 3. The highest BCUT2D eigenvalue weighted by Crippen LogP contribution is 2.36. The quantitative estimate of drug-likeness (QED) is 0.394. The van der Waals surface area contributed by atoms with Gasteiger partial charge in [-0.25, -0.2) is 0 Å². The van der Waals surface area contributed by atoms with Gasteiger partial charge in [0.1, 0.15) is 19.5 Å². The summed E-state index contributed by atoms with van der Waals surface area (Å²) in [5.41, 5.74) is 3.22. The van der Waals surface area contributed by atoms with Crippen LogP contribution < -0.4 is 9.47 Å². The molecule has 3 aromatic carbocycles. The summed E-state index contributed by atoms with van der Waals surface area (Å²) in [7, 11) is 0. The number of benzene rings is 3. The molecule has 0 atom stereocenters. The molecular formula is C26H28O3. The maximum absolute atomic E-state index is 10.8. The summed E-state index contributed by atoms with van der Waals surface area (Å²) in [6.45, 7) is 5.26. The van der Waals surface area contributed by atoms with E-state index in [1.165, 1.54) is 0 Å². The number of aldehydes is 1. The van der Waals surface area contributed by atoms with Gasteiger partial charge >= 0.3 is 0 Å². The average Bonchev–Trinajstić information content (AvgIpc) is 2.76. The maximum Gasteiger partial charge on any atom is 0.161 e. The second kappa shape index (κ2) is 9.92. The van der Waals surface area contributed by atoms with E-state index >= 15 is 0 Å². The van der Waals surface area contributed by atoms with Crippen LogP contribution in [0, 0.1) is 0 Å². The first-order valence-corrected chi connectivity index (χ1v) is 10.00. The van der Waals surface area contributed by atoms with Gasteiger partial charge in [-0.2, -0.15) is 0 Å². The minimum absolute atomic E-state index is 0.121. The van der Waals surface area contributed by atoms with Crippen molar-refractivity contribution in [2.24, 2.45) is 0 Å². The van der Waals surface area contributed by atoms with Gasteiger partial charge in [-0.1, -0.05) is 80.6 Å². The summed E-state index contributed by atoms with van der Waals surface area (Å²) in [5.74, 6) is 1.45. The number of ether oxygens (including phenoxy) is 2. The molecule has 0 radical (unpaired) electrons. The molecule has 0 aliphatic heterocycles. The molecule has 0 heterocycles. The molecular weight excluding hydrogens is 360 g/mol. The molecule has 0 fully saturated rings. The van der Waals surface area contributed by atoms with E-state index in [0.29, 0.717) is 19.6 Å². The Bertz CT molecular complexity index is 902. The van der Waals surface area contributed by atoms with Crippen molar-refractivity contribution < 1.29 is 14.3 Å². The Kier molecular flexibility index (Phi) is 7.07. The van der Waals surface area contributed by atoms with Gasteiger partial charge < -0.3 is 14.3 Å². The van der Waals surface area contributed by atoms with Gasteiger partial charge in [0.25, 0.3) is 0 Å². The molecule has 0 aliphatic rings. The van der Waals surface area contributed by atoms with E-state index in [2.05, 4.69) is 19.9 Å². The molecule has 0 spiro atoms. The van der Waals surface area contributed by atoms with Crippen molar-refractivity contribution in [1.29, 1.82) is 0 Å². The topological polar surface area (TPSA) is 35.5 Å². The van der Waals surface area contributed by atoms with Crippen LogP contribution in [0.4, 0.5) is 0 Å². The second-order valence-electron chi connectivity index (χ2n) is 7.80. The summed E-state index contributed by atoms with van der Waals surface area (Å²) in [6, 6.07) is 26.3. The first-order chi connectivity index (χ1) is 14.1. The van der Waals surface area contributed by atoms with E-state index < -0.39 is 0 Å². The van der Waals surface area contributed by atoms with Gasteiger partial charge in [0.15, 0.2) is 11.5 Å². The van der Waals surface area contributed by atoms with Crippen LogP contribution in [0.2, 0.25) is 0 Å². The molecule has 3 nitrogen and oxygen atoms in total. The molecule has 0 unspecified atom stereocenters.